The molecule has 2 rings (SSSR count). The van der Waals surface area contributed by atoms with E-state index in [9.17, 15) is 9.18 Å². The first-order valence-corrected chi connectivity index (χ1v) is 6.38. The number of anilines is 3. The van der Waals surface area contributed by atoms with Crippen LogP contribution in [-0.2, 0) is 4.74 Å². The predicted octanol–water partition coefficient (Wildman–Crippen LogP) is 3.10. The minimum absolute atomic E-state index is 0.0802. The molecule has 5 nitrogen and oxygen atoms in total. The molecule has 7 heteroatoms. The highest BCUT2D eigenvalue weighted by Crippen LogP contribution is 2.30. The highest BCUT2D eigenvalue weighted by molar-refractivity contribution is 9.10. The molecule has 0 bridgehead atoms. The molecule has 0 atom stereocenters. The van der Waals surface area contributed by atoms with Crippen LogP contribution in [0.5, 0.6) is 0 Å². The van der Waals surface area contributed by atoms with Gasteiger partial charge >= 0.3 is 5.97 Å². The Balaban J connectivity index is 2.40. The van der Waals surface area contributed by atoms with E-state index in [0.29, 0.717) is 4.47 Å². The fourth-order valence-corrected chi connectivity index (χ4v) is 1.97. The number of nitrogens with one attached hydrogen (secondary N) is 1. The van der Waals surface area contributed by atoms with Crippen molar-refractivity contribution in [3.8, 4) is 0 Å². The Kier molecular flexibility index (Phi) is 4.19. The number of pyridine rings is 1. The van der Waals surface area contributed by atoms with Gasteiger partial charge in [0.15, 0.2) is 11.5 Å². The van der Waals surface area contributed by atoms with E-state index in [4.69, 9.17) is 5.73 Å². The number of halogens is 2. The van der Waals surface area contributed by atoms with Crippen molar-refractivity contribution < 1.29 is 13.9 Å². The number of para-hydroxylation sites is 1. The molecule has 0 unspecified atom stereocenters. The Morgan fingerprint density at radius 3 is 2.80 bits per heavy atom. The van der Waals surface area contributed by atoms with Crippen molar-refractivity contribution in [1.29, 1.82) is 0 Å². The molecule has 0 radical (unpaired) electrons. The smallest absolute Gasteiger partial charge is 0.356 e. The maximum Gasteiger partial charge on any atom is 0.356 e. The molecule has 0 saturated carbocycles. The molecule has 20 heavy (non-hydrogen) atoms. The molecule has 1 aromatic carbocycles. The van der Waals surface area contributed by atoms with Gasteiger partial charge in [-0.25, -0.2) is 14.2 Å². The molecule has 3 N–H and O–H groups in total. The fraction of sp³-hybridized carbons (Fsp3) is 0.0769. The van der Waals surface area contributed by atoms with Gasteiger partial charge in [-0.1, -0.05) is 6.07 Å². The zero-order valence-corrected chi connectivity index (χ0v) is 12.1. The van der Waals surface area contributed by atoms with Crippen LogP contribution in [0.3, 0.4) is 0 Å². The summed E-state index contributed by atoms with van der Waals surface area (Å²) in [5, 5.41) is 2.76. The Morgan fingerprint density at radius 1 is 1.40 bits per heavy atom. The van der Waals surface area contributed by atoms with Crippen LogP contribution in [0.2, 0.25) is 0 Å². The number of nitrogens with two attached hydrogens (primary N) is 1. The number of esters is 1. The van der Waals surface area contributed by atoms with Crippen molar-refractivity contribution in [1.82, 2.24) is 4.98 Å². The number of aromatic nitrogens is 1. The highest BCUT2D eigenvalue weighted by atomic mass is 79.9. The summed E-state index contributed by atoms with van der Waals surface area (Å²) < 4.78 is 18.8. The topological polar surface area (TPSA) is 77.2 Å². The number of nitrogen functional groups attached to an aromatic ring is 1. The lowest BCUT2D eigenvalue weighted by atomic mass is 10.2. The summed E-state index contributed by atoms with van der Waals surface area (Å²) in [6, 6.07) is 7.46. The predicted molar refractivity (Wildman–Crippen MR) is 77.4 cm³/mol. The number of hydrogen-bond donors (Lipinski definition) is 2. The zero-order valence-electron chi connectivity index (χ0n) is 10.5. The number of ether oxygens (including phenoxy) is 1. The zero-order chi connectivity index (χ0) is 14.7. The molecule has 0 saturated heterocycles. The van der Waals surface area contributed by atoms with Crippen molar-refractivity contribution in [2.75, 3.05) is 18.2 Å². The Morgan fingerprint density at radius 2 is 2.15 bits per heavy atom. The molecule has 0 fully saturated rings. The SMILES string of the molecule is COC(=O)c1ccc(N)c(Nc2c(F)cccc2Br)n1. The Hall–Kier alpha value is -2.15. The van der Waals surface area contributed by atoms with E-state index in [1.54, 1.807) is 12.1 Å². The van der Waals surface area contributed by atoms with Gasteiger partial charge in [0.25, 0.3) is 0 Å². The van der Waals surface area contributed by atoms with Gasteiger partial charge in [0.2, 0.25) is 0 Å². The van der Waals surface area contributed by atoms with Gasteiger partial charge in [-0.15, -0.1) is 0 Å². The molecule has 0 aliphatic carbocycles. The average molecular weight is 340 g/mol. The quantitative estimate of drug-likeness (QED) is 0.840. The fourth-order valence-electron chi connectivity index (χ4n) is 1.52. The average Bonchev–Trinajstić information content (AvgIpc) is 2.44. The van der Waals surface area contributed by atoms with Gasteiger partial charge in [0, 0.05) is 4.47 Å². The van der Waals surface area contributed by atoms with Crippen LogP contribution in [0.4, 0.5) is 21.6 Å². The van der Waals surface area contributed by atoms with E-state index in [2.05, 4.69) is 31.0 Å². The van der Waals surface area contributed by atoms with E-state index in [-0.39, 0.29) is 22.9 Å². The van der Waals surface area contributed by atoms with Crippen LogP contribution in [0.1, 0.15) is 10.5 Å². The van der Waals surface area contributed by atoms with Crippen molar-refractivity contribution in [3.05, 3.63) is 46.3 Å². The first kappa shape index (κ1) is 14.3. The molecule has 0 spiro atoms. The number of nitrogens with zero attached hydrogens (tertiary/aromatic N) is 1. The summed E-state index contributed by atoms with van der Waals surface area (Å²) in [5.74, 6) is -0.886. The molecule has 1 heterocycles. The lowest BCUT2D eigenvalue weighted by Crippen LogP contribution is -2.08. The molecule has 0 amide bonds. The second kappa shape index (κ2) is 5.87. The molecule has 0 aliphatic rings. The minimum Gasteiger partial charge on any atom is -0.464 e. The van der Waals surface area contributed by atoms with E-state index in [0.717, 1.165) is 0 Å². The number of benzene rings is 1. The molecule has 0 aliphatic heterocycles. The van der Waals surface area contributed by atoms with Crippen LogP contribution in [0.15, 0.2) is 34.8 Å². The lowest BCUT2D eigenvalue weighted by molar-refractivity contribution is 0.0594. The van der Waals surface area contributed by atoms with E-state index < -0.39 is 11.8 Å². The first-order chi connectivity index (χ1) is 9.52. The third-order valence-corrected chi connectivity index (χ3v) is 3.19. The van der Waals surface area contributed by atoms with Crippen LogP contribution in [0, 0.1) is 5.82 Å². The number of methoxy groups -OCH3 is 1. The van der Waals surface area contributed by atoms with E-state index >= 15 is 0 Å². The molecular weight excluding hydrogens is 329 g/mol. The van der Waals surface area contributed by atoms with Crippen LogP contribution in [0.25, 0.3) is 0 Å². The molecule has 2 aromatic rings. The van der Waals surface area contributed by atoms with Crippen molar-refractivity contribution in [3.63, 3.8) is 0 Å². The number of carbonyl (C=O) groups is 1. The molecule has 1 aromatic heterocycles. The normalized spacial score (nSPS) is 10.2. The monoisotopic (exact) mass is 339 g/mol. The second-order valence-corrected chi connectivity index (χ2v) is 4.70. The van der Waals surface area contributed by atoms with Gasteiger partial charge in [-0.3, -0.25) is 0 Å². The largest absolute Gasteiger partial charge is 0.464 e. The minimum atomic E-state index is -0.597. The first-order valence-electron chi connectivity index (χ1n) is 5.59. The van der Waals surface area contributed by atoms with Gasteiger partial charge in [0.05, 0.1) is 18.5 Å². The summed E-state index contributed by atoms with van der Waals surface area (Å²) in [6.45, 7) is 0. The summed E-state index contributed by atoms with van der Waals surface area (Å²) in [5.41, 5.74) is 6.32. The van der Waals surface area contributed by atoms with Crippen LogP contribution in [-0.4, -0.2) is 18.1 Å². The van der Waals surface area contributed by atoms with Crippen LogP contribution >= 0.6 is 15.9 Å². The highest BCUT2D eigenvalue weighted by Gasteiger charge is 2.13. The van der Waals surface area contributed by atoms with Gasteiger partial charge < -0.3 is 15.8 Å². The second-order valence-electron chi connectivity index (χ2n) is 3.85. The van der Waals surface area contributed by atoms with Gasteiger partial charge in [-0.05, 0) is 40.2 Å². The molecule has 104 valence electrons. The van der Waals surface area contributed by atoms with Gasteiger partial charge in [0.1, 0.15) is 5.82 Å². The number of rotatable bonds is 3. The summed E-state index contributed by atoms with van der Waals surface area (Å²) in [4.78, 5) is 15.4. The van der Waals surface area contributed by atoms with Crippen LogP contribution < -0.4 is 11.1 Å². The summed E-state index contributed by atoms with van der Waals surface area (Å²) >= 11 is 3.23. The maximum absolute atomic E-state index is 13.7. The van der Waals surface area contributed by atoms with Crippen molar-refractivity contribution in [2.24, 2.45) is 0 Å². The summed E-state index contributed by atoms with van der Waals surface area (Å²) in [7, 11) is 1.25. The van der Waals surface area contributed by atoms with Crippen molar-refractivity contribution >= 4 is 39.1 Å². The molecular formula is C13H11BrFN3O2. The third kappa shape index (κ3) is 2.88. The standard InChI is InChI=1S/C13H11BrFN3O2/c1-20-13(19)10-6-5-9(16)12(17-10)18-11-7(14)3-2-4-8(11)15/h2-6H,16H2,1H3,(H,17,18). The maximum atomic E-state index is 13.7. The number of hydrogen-bond acceptors (Lipinski definition) is 5. The van der Waals surface area contributed by atoms with Gasteiger partial charge in [-0.2, -0.15) is 0 Å². The lowest BCUT2D eigenvalue weighted by Gasteiger charge is -2.11. The Labute approximate surface area is 123 Å². The van der Waals surface area contributed by atoms with E-state index in [1.165, 1.54) is 25.3 Å². The van der Waals surface area contributed by atoms with Crippen molar-refractivity contribution in [2.45, 2.75) is 0 Å². The summed E-state index contributed by atoms with van der Waals surface area (Å²) in [6.07, 6.45) is 0. The number of carbonyl (C=O) groups excluding carboxylic acids is 1. The van der Waals surface area contributed by atoms with E-state index in [1.807, 2.05) is 0 Å². The Bertz CT molecular complexity index is 644. The third-order valence-electron chi connectivity index (χ3n) is 2.53.